The second-order valence-electron chi connectivity index (χ2n) is 7.49. The molecule has 150 valence electrons. The predicted octanol–water partition coefficient (Wildman–Crippen LogP) is 1.21. The molecule has 0 aromatic heterocycles. The molecule has 1 aliphatic carbocycles. The smallest absolute Gasteiger partial charge is 0.222 e. The summed E-state index contributed by atoms with van der Waals surface area (Å²) in [7, 11) is -1.24. The van der Waals surface area contributed by atoms with Crippen LogP contribution in [-0.2, 0) is 14.6 Å². The highest BCUT2D eigenvalue weighted by molar-refractivity contribution is 7.91. The van der Waals surface area contributed by atoms with Crippen molar-refractivity contribution in [2.45, 2.75) is 63.8 Å². The first-order valence-electron chi connectivity index (χ1n) is 9.93. The van der Waals surface area contributed by atoms with Gasteiger partial charge in [-0.3, -0.25) is 9.79 Å². The Labute approximate surface area is 157 Å². The lowest BCUT2D eigenvalue weighted by Gasteiger charge is -2.14. The van der Waals surface area contributed by atoms with Gasteiger partial charge in [-0.25, -0.2) is 8.42 Å². The molecule has 1 heterocycles. The Bertz CT molecular complexity index is 571. The van der Waals surface area contributed by atoms with Crippen molar-refractivity contribution in [1.82, 2.24) is 16.0 Å². The lowest BCUT2D eigenvalue weighted by molar-refractivity contribution is -0.121. The molecule has 0 radical (unpaired) electrons. The SMILES string of the molecule is CN=C(NCCCCC1CCCC1)NCCC(=O)NC1CCS(=O)(=O)C1. The van der Waals surface area contributed by atoms with E-state index in [1.54, 1.807) is 7.05 Å². The first-order chi connectivity index (χ1) is 12.5. The van der Waals surface area contributed by atoms with Gasteiger partial charge in [0.25, 0.3) is 0 Å². The number of hydrogen-bond donors (Lipinski definition) is 3. The van der Waals surface area contributed by atoms with Gasteiger partial charge in [-0.15, -0.1) is 0 Å². The molecule has 1 saturated carbocycles. The number of carbonyl (C=O) groups is 1. The highest BCUT2D eigenvalue weighted by Gasteiger charge is 2.28. The lowest BCUT2D eigenvalue weighted by atomic mass is 10.0. The van der Waals surface area contributed by atoms with Gasteiger partial charge >= 0.3 is 0 Å². The average molecular weight is 387 g/mol. The van der Waals surface area contributed by atoms with Crippen LogP contribution in [0, 0.1) is 5.92 Å². The second-order valence-corrected chi connectivity index (χ2v) is 9.72. The highest BCUT2D eigenvalue weighted by Crippen LogP contribution is 2.28. The Kier molecular flexibility index (Phi) is 8.68. The third kappa shape index (κ3) is 7.93. The van der Waals surface area contributed by atoms with E-state index in [1.165, 1.54) is 38.5 Å². The molecular weight excluding hydrogens is 352 g/mol. The normalized spacial score (nSPS) is 23.1. The lowest BCUT2D eigenvalue weighted by Crippen LogP contribution is -2.41. The van der Waals surface area contributed by atoms with E-state index in [4.69, 9.17) is 0 Å². The summed E-state index contributed by atoms with van der Waals surface area (Å²) in [6.45, 7) is 1.37. The Morgan fingerprint density at radius 2 is 1.81 bits per heavy atom. The molecule has 1 aliphatic heterocycles. The number of hydrogen-bond acceptors (Lipinski definition) is 4. The predicted molar refractivity (Wildman–Crippen MR) is 105 cm³/mol. The molecule has 2 fully saturated rings. The van der Waals surface area contributed by atoms with Crippen molar-refractivity contribution >= 4 is 21.7 Å². The van der Waals surface area contributed by atoms with Gasteiger partial charge in [-0.2, -0.15) is 0 Å². The van der Waals surface area contributed by atoms with Crippen LogP contribution < -0.4 is 16.0 Å². The Morgan fingerprint density at radius 1 is 1.08 bits per heavy atom. The van der Waals surface area contributed by atoms with Crippen LogP contribution in [0.3, 0.4) is 0 Å². The molecular formula is C18H34N4O3S. The monoisotopic (exact) mass is 386 g/mol. The van der Waals surface area contributed by atoms with Crippen LogP contribution in [0.15, 0.2) is 4.99 Å². The molecule has 0 bridgehead atoms. The standard InChI is InChI=1S/C18H34N4O3S/c1-19-18(20-11-5-4-8-15-6-2-3-7-15)21-12-9-17(23)22-16-10-13-26(24,25)14-16/h15-16H,2-14H2,1H3,(H,22,23)(H2,19,20,21). The molecule has 1 saturated heterocycles. The highest BCUT2D eigenvalue weighted by atomic mass is 32.2. The first-order valence-corrected chi connectivity index (χ1v) is 11.7. The maximum Gasteiger partial charge on any atom is 0.222 e. The number of carbonyl (C=O) groups excluding carboxylic acids is 1. The van der Waals surface area contributed by atoms with Gasteiger partial charge in [0.2, 0.25) is 5.91 Å². The van der Waals surface area contributed by atoms with Gasteiger partial charge in [0.1, 0.15) is 0 Å². The molecule has 2 aliphatic rings. The number of rotatable bonds is 9. The fraction of sp³-hybridized carbons (Fsp3) is 0.889. The van der Waals surface area contributed by atoms with Crippen molar-refractivity contribution in [3.05, 3.63) is 0 Å². The van der Waals surface area contributed by atoms with Crippen molar-refractivity contribution in [3.63, 3.8) is 0 Å². The first kappa shape index (κ1) is 21.0. The van der Waals surface area contributed by atoms with Gasteiger partial charge in [-0.05, 0) is 18.8 Å². The molecule has 3 N–H and O–H groups in total. The van der Waals surface area contributed by atoms with Gasteiger partial charge in [0.15, 0.2) is 15.8 Å². The van der Waals surface area contributed by atoms with E-state index in [2.05, 4.69) is 20.9 Å². The molecule has 0 aromatic carbocycles. The third-order valence-corrected chi connectivity index (χ3v) is 7.04. The summed E-state index contributed by atoms with van der Waals surface area (Å²) in [5, 5.41) is 9.21. The molecule has 7 nitrogen and oxygen atoms in total. The number of amides is 1. The topological polar surface area (TPSA) is 99.7 Å². The van der Waals surface area contributed by atoms with E-state index < -0.39 is 9.84 Å². The molecule has 1 unspecified atom stereocenters. The van der Waals surface area contributed by atoms with E-state index in [1.807, 2.05) is 0 Å². The zero-order valence-electron chi connectivity index (χ0n) is 15.9. The van der Waals surface area contributed by atoms with Crippen LogP contribution in [0.25, 0.3) is 0 Å². The summed E-state index contributed by atoms with van der Waals surface area (Å²) in [6.07, 6.45) is 10.2. The van der Waals surface area contributed by atoms with Crippen LogP contribution in [-0.4, -0.2) is 58.0 Å². The quantitative estimate of drug-likeness (QED) is 0.314. The van der Waals surface area contributed by atoms with Crippen LogP contribution in [0.2, 0.25) is 0 Å². The van der Waals surface area contributed by atoms with Crippen LogP contribution in [0.1, 0.15) is 57.8 Å². The number of aliphatic imine (C=N–C) groups is 1. The van der Waals surface area contributed by atoms with Gasteiger partial charge < -0.3 is 16.0 Å². The third-order valence-electron chi connectivity index (χ3n) is 5.27. The summed E-state index contributed by atoms with van der Waals surface area (Å²) in [4.78, 5) is 16.1. The zero-order chi connectivity index (χ0) is 18.8. The fourth-order valence-corrected chi connectivity index (χ4v) is 5.46. The summed E-state index contributed by atoms with van der Waals surface area (Å²) < 4.78 is 22.8. The number of unbranched alkanes of at least 4 members (excludes halogenated alkanes) is 1. The minimum absolute atomic E-state index is 0.0657. The largest absolute Gasteiger partial charge is 0.356 e. The summed E-state index contributed by atoms with van der Waals surface area (Å²) >= 11 is 0. The zero-order valence-corrected chi connectivity index (χ0v) is 16.7. The van der Waals surface area contributed by atoms with Gasteiger partial charge in [0, 0.05) is 32.6 Å². The van der Waals surface area contributed by atoms with Crippen molar-refractivity contribution in [2.75, 3.05) is 31.6 Å². The molecule has 26 heavy (non-hydrogen) atoms. The average Bonchev–Trinajstić information content (AvgIpc) is 3.22. The van der Waals surface area contributed by atoms with E-state index in [0.29, 0.717) is 25.3 Å². The Balaban J connectivity index is 1.50. The van der Waals surface area contributed by atoms with Gasteiger partial charge in [0.05, 0.1) is 11.5 Å². The van der Waals surface area contributed by atoms with Gasteiger partial charge in [-0.1, -0.05) is 38.5 Å². The Hall–Kier alpha value is -1.31. The van der Waals surface area contributed by atoms with Crippen LogP contribution in [0.4, 0.5) is 0 Å². The number of nitrogens with zero attached hydrogens (tertiary/aromatic N) is 1. The van der Waals surface area contributed by atoms with Crippen molar-refractivity contribution in [3.8, 4) is 0 Å². The number of guanidine groups is 1. The maximum atomic E-state index is 11.9. The number of sulfone groups is 1. The molecule has 1 amide bonds. The second kappa shape index (κ2) is 10.7. The van der Waals surface area contributed by atoms with E-state index >= 15 is 0 Å². The molecule has 2 rings (SSSR count). The van der Waals surface area contributed by atoms with E-state index in [0.717, 1.165) is 18.9 Å². The summed E-state index contributed by atoms with van der Waals surface area (Å²) in [5.41, 5.74) is 0. The minimum Gasteiger partial charge on any atom is -0.356 e. The molecule has 1 atom stereocenters. The minimum atomic E-state index is -2.96. The fourth-order valence-electron chi connectivity index (χ4n) is 3.79. The van der Waals surface area contributed by atoms with E-state index in [-0.39, 0.29) is 23.5 Å². The van der Waals surface area contributed by atoms with Crippen LogP contribution in [0.5, 0.6) is 0 Å². The van der Waals surface area contributed by atoms with Crippen molar-refractivity contribution < 1.29 is 13.2 Å². The van der Waals surface area contributed by atoms with Crippen molar-refractivity contribution in [2.24, 2.45) is 10.9 Å². The molecule has 0 spiro atoms. The maximum absolute atomic E-state index is 11.9. The number of nitrogens with one attached hydrogen (secondary N) is 3. The van der Waals surface area contributed by atoms with Crippen molar-refractivity contribution in [1.29, 1.82) is 0 Å². The van der Waals surface area contributed by atoms with Crippen LogP contribution >= 0.6 is 0 Å². The van der Waals surface area contributed by atoms with E-state index in [9.17, 15) is 13.2 Å². The summed E-state index contributed by atoms with van der Waals surface area (Å²) in [5.74, 6) is 1.78. The molecule has 0 aromatic rings. The molecule has 8 heteroatoms. The Morgan fingerprint density at radius 3 is 2.46 bits per heavy atom. The summed E-state index contributed by atoms with van der Waals surface area (Å²) in [6, 6.07) is -0.232.